The Morgan fingerprint density at radius 2 is 1.92 bits per heavy atom. The van der Waals surface area contributed by atoms with Crippen LogP contribution in [0.4, 0.5) is 0 Å². The van der Waals surface area contributed by atoms with Gasteiger partial charge in [-0.2, -0.15) is 0 Å². The van der Waals surface area contributed by atoms with Crippen LogP contribution in [0.5, 0.6) is 0 Å². The zero-order valence-corrected chi connectivity index (χ0v) is 14.6. The summed E-state index contributed by atoms with van der Waals surface area (Å²) >= 11 is 0. The number of fused-ring (bicyclic) bond motifs is 1. The highest BCUT2D eigenvalue weighted by Gasteiger charge is 2.08. The Balaban J connectivity index is 1.58. The summed E-state index contributed by atoms with van der Waals surface area (Å²) in [4.78, 5) is 21.0. The first-order valence-electron chi connectivity index (χ1n) is 8.61. The third-order valence-electron chi connectivity index (χ3n) is 4.55. The number of hydrogen-bond acceptors (Lipinski definition) is 3. The summed E-state index contributed by atoms with van der Waals surface area (Å²) in [5.74, 6) is 0.152. The van der Waals surface area contributed by atoms with Crippen molar-refractivity contribution in [2.24, 2.45) is 0 Å². The van der Waals surface area contributed by atoms with Crippen LogP contribution in [0.25, 0.3) is 21.9 Å². The lowest BCUT2D eigenvalue weighted by atomic mass is 10.0. The van der Waals surface area contributed by atoms with Crippen molar-refractivity contribution in [2.75, 3.05) is 0 Å². The maximum atomic E-state index is 12.4. The molecule has 3 heterocycles. The number of aryl methyl sites for hydroxylation is 1. The monoisotopic (exact) mass is 341 g/mol. The van der Waals surface area contributed by atoms with E-state index in [1.807, 2.05) is 60.4 Å². The first-order valence-corrected chi connectivity index (χ1v) is 8.61. The Morgan fingerprint density at radius 3 is 2.69 bits per heavy atom. The van der Waals surface area contributed by atoms with Crippen LogP contribution in [0.2, 0.25) is 0 Å². The Kier molecular flexibility index (Phi) is 4.32. The molecular formula is C22H19N3O. The Hall–Kier alpha value is -3.27. The molecule has 1 aromatic carbocycles. The highest BCUT2D eigenvalue weighted by Crippen LogP contribution is 2.24. The molecule has 0 bridgehead atoms. The minimum Gasteiger partial charge on any atom is -0.344 e. The summed E-state index contributed by atoms with van der Waals surface area (Å²) in [7, 11) is 0. The van der Waals surface area contributed by atoms with Crippen molar-refractivity contribution in [2.45, 2.75) is 19.9 Å². The predicted octanol–water partition coefficient (Wildman–Crippen LogP) is 4.22. The van der Waals surface area contributed by atoms with Crippen molar-refractivity contribution in [3.63, 3.8) is 0 Å². The van der Waals surface area contributed by atoms with Gasteiger partial charge in [-0.1, -0.05) is 18.2 Å². The van der Waals surface area contributed by atoms with Crippen molar-refractivity contribution in [3.8, 4) is 11.1 Å². The van der Waals surface area contributed by atoms with Gasteiger partial charge >= 0.3 is 0 Å². The minimum absolute atomic E-state index is 0.152. The van der Waals surface area contributed by atoms with Gasteiger partial charge in [-0.05, 0) is 48.2 Å². The van der Waals surface area contributed by atoms with Gasteiger partial charge in [-0.15, -0.1) is 0 Å². The van der Waals surface area contributed by atoms with E-state index in [-0.39, 0.29) is 5.78 Å². The van der Waals surface area contributed by atoms with E-state index in [0.29, 0.717) is 13.0 Å². The number of aromatic nitrogens is 3. The van der Waals surface area contributed by atoms with Gasteiger partial charge in [-0.25, -0.2) is 0 Å². The number of hydrogen-bond donors (Lipinski definition) is 0. The van der Waals surface area contributed by atoms with Crippen molar-refractivity contribution < 1.29 is 4.79 Å². The van der Waals surface area contributed by atoms with Crippen LogP contribution in [0, 0.1) is 6.92 Å². The van der Waals surface area contributed by atoms with E-state index >= 15 is 0 Å². The maximum Gasteiger partial charge on any atom is 0.158 e. The second-order valence-electron chi connectivity index (χ2n) is 6.47. The average molecular weight is 341 g/mol. The van der Waals surface area contributed by atoms with Crippen LogP contribution < -0.4 is 0 Å². The molecular weight excluding hydrogens is 322 g/mol. The third kappa shape index (κ3) is 3.40. The number of pyridine rings is 2. The lowest BCUT2D eigenvalue weighted by Crippen LogP contribution is -2.13. The normalized spacial score (nSPS) is 11.0. The summed E-state index contributed by atoms with van der Waals surface area (Å²) in [6, 6.07) is 16.2. The Bertz CT molecular complexity index is 1070. The summed E-state index contributed by atoms with van der Waals surface area (Å²) in [6.07, 6.45) is 7.73. The summed E-state index contributed by atoms with van der Waals surface area (Å²) in [5, 5.41) is 2.15. The van der Waals surface area contributed by atoms with E-state index in [2.05, 4.69) is 28.2 Å². The van der Waals surface area contributed by atoms with Gasteiger partial charge in [0.25, 0.3) is 0 Å². The summed E-state index contributed by atoms with van der Waals surface area (Å²) < 4.78 is 1.96. The van der Waals surface area contributed by atoms with Gasteiger partial charge in [0.15, 0.2) is 5.78 Å². The molecule has 0 spiro atoms. The Morgan fingerprint density at radius 1 is 1.00 bits per heavy atom. The Labute approximate surface area is 152 Å². The van der Waals surface area contributed by atoms with E-state index in [1.54, 1.807) is 6.20 Å². The molecule has 0 atom stereocenters. The fourth-order valence-corrected chi connectivity index (χ4v) is 3.12. The van der Waals surface area contributed by atoms with E-state index < -0.39 is 0 Å². The third-order valence-corrected chi connectivity index (χ3v) is 4.55. The van der Waals surface area contributed by atoms with Gasteiger partial charge in [-0.3, -0.25) is 14.8 Å². The number of nitrogens with zero attached hydrogens (tertiary/aromatic N) is 3. The smallest absolute Gasteiger partial charge is 0.158 e. The van der Waals surface area contributed by atoms with Crippen LogP contribution in [0.1, 0.15) is 11.4 Å². The van der Waals surface area contributed by atoms with Crippen molar-refractivity contribution in [1.29, 1.82) is 0 Å². The second kappa shape index (κ2) is 6.92. The van der Waals surface area contributed by atoms with E-state index in [0.717, 1.165) is 33.3 Å². The molecule has 0 aliphatic heterocycles. The predicted molar refractivity (Wildman–Crippen MR) is 103 cm³/mol. The average Bonchev–Trinajstić information content (AvgIpc) is 3.06. The minimum atomic E-state index is 0.152. The zero-order valence-electron chi connectivity index (χ0n) is 14.6. The number of carbonyl (C=O) groups is 1. The fourth-order valence-electron chi connectivity index (χ4n) is 3.12. The van der Waals surface area contributed by atoms with Crippen LogP contribution in [-0.4, -0.2) is 20.3 Å². The highest BCUT2D eigenvalue weighted by atomic mass is 16.1. The van der Waals surface area contributed by atoms with E-state index in [4.69, 9.17) is 0 Å². The topological polar surface area (TPSA) is 47.8 Å². The van der Waals surface area contributed by atoms with Gasteiger partial charge in [0.2, 0.25) is 0 Å². The number of ketones is 1. The van der Waals surface area contributed by atoms with Crippen LogP contribution >= 0.6 is 0 Å². The first kappa shape index (κ1) is 16.2. The number of carbonyl (C=O) groups excluding carboxylic acids is 1. The molecule has 0 saturated heterocycles. The molecule has 26 heavy (non-hydrogen) atoms. The van der Waals surface area contributed by atoms with E-state index in [1.165, 1.54) is 0 Å². The molecule has 0 N–H and O–H groups in total. The van der Waals surface area contributed by atoms with Crippen molar-refractivity contribution >= 4 is 16.6 Å². The molecule has 0 saturated carbocycles. The van der Waals surface area contributed by atoms with Gasteiger partial charge in [0.05, 0.1) is 13.0 Å². The fraction of sp³-hybridized carbons (Fsp3) is 0.136. The van der Waals surface area contributed by atoms with Gasteiger partial charge in [0, 0.05) is 47.1 Å². The van der Waals surface area contributed by atoms with Crippen LogP contribution in [0.15, 0.2) is 73.3 Å². The summed E-state index contributed by atoms with van der Waals surface area (Å²) in [6.45, 7) is 2.38. The lowest BCUT2D eigenvalue weighted by Gasteiger charge is -2.07. The molecule has 0 aliphatic rings. The number of rotatable bonds is 5. The SMILES string of the molecule is Cc1cccn1CC(=O)Cc1cc2cc(-c3cccnc3)ccc2cn1. The standard InChI is InChI=1S/C22H19N3O/c1-16-4-3-9-25(16)15-22(26)12-21-11-20-10-17(6-7-19(20)14-24-21)18-5-2-8-23-13-18/h2-11,13-14H,12,15H2,1H3. The van der Waals surface area contributed by atoms with Crippen LogP contribution in [-0.2, 0) is 17.8 Å². The molecule has 128 valence electrons. The second-order valence-corrected chi connectivity index (χ2v) is 6.47. The zero-order chi connectivity index (χ0) is 17.9. The first-order chi connectivity index (χ1) is 12.7. The largest absolute Gasteiger partial charge is 0.344 e. The van der Waals surface area contributed by atoms with Gasteiger partial charge in [0.1, 0.15) is 0 Å². The molecule has 4 rings (SSSR count). The molecule has 0 radical (unpaired) electrons. The summed E-state index contributed by atoms with van der Waals surface area (Å²) in [5.41, 5.74) is 4.07. The van der Waals surface area contributed by atoms with Crippen LogP contribution in [0.3, 0.4) is 0 Å². The number of Topliss-reactive ketones (excluding diaryl/α,β-unsaturated/α-hetero) is 1. The molecule has 0 aliphatic carbocycles. The van der Waals surface area contributed by atoms with Gasteiger partial charge < -0.3 is 4.57 Å². The molecule has 4 nitrogen and oxygen atoms in total. The molecule has 3 aromatic heterocycles. The number of benzene rings is 1. The molecule has 4 aromatic rings. The maximum absolute atomic E-state index is 12.4. The molecule has 0 amide bonds. The molecule has 0 unspecified atom stereocenters. The highest BCUT2D eigenvalue weighted by molar-refractivity contribution is 5.88. The molecule has 0 fully saturated rings. The van der Waals surface area contributed by atoms with E-state index in [9.17, 15) is 4.79 Å². The molecule has 4 heteroatoms. The van der Waals surface area contributed by atoms with Crippen molar-refractivity contribution in [1.82, 2.24) is 14.5 Å². The van der Waals surface area contributed by atoms with Crippen molar-refractivity contribution in [3.05, 3.63) is 84.7 Å². The quantitative estimate of drug-likeness (QED) is 0.546. The lowest BCUT2D eigenvalue weighted by molar-refractivity contribution is -0.119.